The molecule has 0 bridgehead atoms. The summed E-state index contributed by atoms with van der Waals surface area (Å²) < 4.78 is 1.97. The van der Waals surface area contributed by atoms with Crippen molar-refractivity contribution in [2.24, 2.45) is 0 Å². The highest BCUT2D eigenvalue weighted by atomic mass is 15.3. The van der Waals surface area contributed by atoms with E-state index in [-0.39, 0.29) is 0 Å². The third-order valence-corrected chi connectivity index (χ3v) is 3.65. The maximum absolute atomic E-state index is 4.54. The molecule has 0 unspecified atom stereocenters. The van der Waals surface area contributed by atoms with Gasteiger partial charge in [0.1, 0.15) is 0 Å². The summed E-state index contributed by atoms with van der Waals surface area (Å²) in [7, 11) is 0. The van der Waals surface area contributed by atoms with Gasteiger partial charge in [0, 0.05) is 17.5 Å². The first kappa shape index (κ1) is 11.5. The number of nitrogens with one attached hydrogen (secondary N) is 1. The van der Waals surface area contributed by atoms with Gasteiger partial charge in [0.25, 0.3) is 0 Å². The smallest absolute Gasteiger partial charge is 0.158 e. The van der Waals surface area contributed by atoms with Crippen molar-refractivity contribution in [3.63, 3.8) is 0 Å². The highest BCUT2D eigenvalue weighted by molar-refractivity contribution is 5.78. The molecule has 1 fully saturated rings. The van der Waals surface area contributed by atoms with Crippen molar-refractivity contribution in [2.45, 2.75) is 51.6 Å². The molecular formula is C14H20N4. The van der Waals surface area contributed by atoms with Gasteiger partial charge >= 0.3 is 0 Å². The van der Waals surface area contributed by atoms with Crippen molar-refractivity contribution in [2.75, 3.05) is 5.32 Å². The standard InChI is InChI=1S/C14H20N4/c1-10(2)18-14-11(8-16-18)7-13(9-15-14)17-12-5-3-4-6-12/h7-10,12,17H,3-6H2,1-2H3. The number of fused-ring (bicyclic) bond motifs is 1. The van der Waals surface area contributed by atoms with Crippen molar-refractivity contribution >= 4 is 16.7 Å². The Morgan fingerprint density at radius 1 is 1.28 bits per heavy atom. The number of pyridine rings is 1. The summed E-state index contributed by atoms with van der Waals surface area (Å²) in [6.07, 6.45) is 9.09. The van der Waals surface area contributed by atoms with Gasteiger partial charge in [0.05, 0.1) is 18.1 Å². The van der Waals surface area contributed by atoms with Crippen molar-refractivity contribution in [1.29, 1.82) is 0 Å². The van der Waals surface area contributed by atoms with Gasteiger partial charge in [0.15, 0.2) is 5.65 Å². The van der Waals surface area contributed by atoms with Gasteiger partial charge < -0.3 is 5.32 Å². The molecule has 0 radical (unpaired) electrons. The van der Waals surface area contributed by atoms with Gasteiger partial charge in [-0.05, 0) is 32.8 Å². The largest absolute Gasteiger partial charge is 0.381 e. The Bertz CT molecular complexity index is 538. The van der Waals surface area contributed by atoms with Crippen LogP contribution in [-0.2, 0) is 0 Å². The second-order valence-corrected chi connectivity index (χ2v) is 5.45. The summed E-state index contributed by atoms with van der Waals surface area (Å²) in [5, 5.41) is 9.08. The summed E-state index contributed by atoms with van der Waals surface area (Å²) in [6.45, 7) is 4.25. The zero-order valence-electron chi connectivity index (χ0n) is 11.1. The molecule has 0 spiro atoms. The second kappa shape index (κ2) is 4.59. The molecular weight excluding hydrogens is 224 g/mol. The molecule has 4 nitrogen and oxygen atoms in total. The lowest BCUT2D eigenvalue weighted by molar-refractivity contribution is 0.546. The van der Waals surface area contributed by atoms with E-state index in [0.29, 0.717) is 12.1 Å². The maximum Gasteiger partial charge on any atom is 0.158 e. The minimum atomic E-state index is 0.351. The molecule has 1 aliphatic rings. The molecule has 2 heterocycles. The molecule has 0 amide bonds. The second-order valence-electron chi connectivity index (χ2n) is 5.45. The predicted molar refractivity (Wildman–Crippen MR) is 73.8 cm³/mol. The van der Waals surface area contributed by atoms with Crippen molar-refractivity contribution in [3.05, 3.63) is 18.5 Å². The number of hydrogen-bond acceptors (Lipinski definition) is 3. The topological polar surface area (TPSA) is 42.7 Å². The van der Waals surface area contributed by atoms with Crippen LogP contribution in [0.25, 0.3) is 11.0 Å². The number of hydrogen-bond donors (Lipinski definition) is 1. The van der Waals surface area contributed by atoms with E-state index in [1.165, 1.54) is 25.7 Å². The molecule has 2 aromatic rings. The van der Waals surface area contributed by atoms with E-state index in [9.17, 15) is 0 Å². The Balaban J connectivity index is 1.87. The zero-order valence-corrected chi connectivity index (χ0v) is 11.1. The van der Waals surface area contributed by atoms with Crippen LogP contribution in [0.1, 0.15) is 45.6 Å². The van der Waals surface area contributed by atoms with Crippen LogP contribution in [0.15, 0.2) is 18.5 Å². The Hall–Kier alpha value is -1.58. The normalized spacial score (nSPS) is 16.8. The van der Waals surface area contributed by atoms with E-state index in [0.717, 1.165) is 16.7 Å². The van der Waals surface area contributed by atoms with Crippen molar-refractivity contribution in [1.82, 2.24) is 14.8 Å². The molecule has 0 atom stereocenters. The molecule has 3 rings (SSSR count). The van der Waals surface area contributed by atoms with Gasteiger partial charge in [-0.15, -0.1) is 0 Å². The summed E-state index contributed by atoms with van der Waals surface area (Å²) >= 11 is 0. The van der Waals surface area contributed by atoms with Gasteiger partial charge in [-0.3, -0.25) is 0 Å². The maximum atomic E-state index is 4.54. The summed E-state index contributed by atoms with van der Waals surface area (Å²) in [6, 6.07) is 3.14. The first-order valence-electron chi connectivity index (χ1n) is 6.84. The van der Waals surface area contributed by atoms with Gasteiger partial charge in [-0.2, -0.15) is 5.10 Å². The fourth-order valence-corrected chi connectivity index (χ4v) is 2.70. The lowest BCUT2D eigenvalue weighted by Gasteiger charge is -2.13. The van der Waals surface area contributed by atoms with Crippen LogP contribution >= 0.6 is 0 Å². The molecule has 96 valence electrons. The van der Waals surface area contributed by atoms with E-state index in [1.807, 2.05) is 17.1 Å². The molecule has 1 saturated carbocycles. The minimum absolute atomic E-state index is 0.351. The number of rotatable bonds is 3. The number of aromatic nitrogens is 3. The average molecular weight is 244 g/mol. The first-order chi connectivity index (χ1) is 8.74. The monoisotopic (exact) mass is 244 g/mol. The third kappa shape index (κ3) is 2.07. The highest BCUT2D eigenvalue weighted by Gasteiger charge is 2.15. The van der Waals surface area contributed by atoms with Crippen molar-refractivity contribution in [3.8, 4) is 0 Å². The molecule has 0 saturated heterocycles. The van der Waals surface area contributed by atoms with Crippen LogP contribution in [-0.4, -0.2) is 20.8 Å². The van der Waals surface area contributed by atoms with Crippen LogP contribution in [0.3, 0.4) is 0 Å². The Kier molecular flexibility index (Phi) is 2.94. The van der Waals surface area contributed by atoms with E-state index in [1.54, 1.807) is 0 Å². The Labute approximate surface area is 107 Å². The number of anilines is 1. The highest BCUT2D eigenvalue weighted by Crippen LogP contribution is 2.24. The molecule has 1 aliphatic carbocycles. The first-order valence-corrected chi connectivity index (χ1v) is 6.84. The summed E-state index contributed by atoms with van der Waals surface area (Å²) in [4.78, 5) is 4.54. The van der Waals surface area contributed by atoms with Gasteiger partial charge in [-0.1, -0.05) is 12.8 Å². The molecule has 0 aliphatic heterocycles. The number of nitrogens with zero attached hydrogens (tertiary/aromatic N) is 3. The lowest BCUT2D eigenvalue weighted by atomic mass is 10.2. The van der Waals surface area contributed by atoms with Gasteiger partial charge in [-0.25, -0.2) is 9.67 Å². The molecule has 4 heteroatoms. The lowest BCUT2D eigenvalue weighted by Crippen LogP contribution is -2.14. The molecule has 18 heavy (non-hydrogen) atoms. The molecule has 0 aromatic carbocycles. The zero-order chi connectivity index (χ0) is 12.5. The SMILES string of the molecule is CC(C)n1ncc2cc(NC3CCCC3)cnc21. The molecule has 2 aromatic heterocycles. The average Bonchev–Trinajstić information content (AvgIpc) is 2.97. The van der Waals surface area contributed by atoms with E-state index in [2.05, 4.69) is 35.3 Å². The predicted octanol–water partition coefficient (Wildman–Crippen LogP) is 3.37. The third-order valence-electron chi connectivity index (χ3n) is 3.65. The van der Waals surface area contributed by atoms with Crippen LogP contribution in [0.2, 0.25) is 0 Å². The Morgan fingerprint density at radius 2 is 2.06 bits per heavy atom. The van der Waals surface area contributed by atoms with Crippen molar-refractivity contribution < 1.29 is 0 Å². The fraction of sp³-hybridized carbons (Fsp3) is 0.571. The quantitative estimate of drug-likeness (QED) is 0.900. The minimum Gasteiger partial charge on any atom is -0.381 e. The van der Waals surface area contributed by atoms with Gasteiger partial charge in [0.2, 0.25) is 0 Å². The van der Waals surface area contributed by atoms with Crippen LogP contribution in [0, 0.1) is 0 Å². The van der Waals surface area contributed by atoms with Crippen LogP contribution < -0.4 is 5.32 Å². The summed E-state index contributed by atoms with van der Waals surface area (Å²) in [5.74, 6) is 0. The van der Waals surface area contributed by atoms with E-state index in [4.69, 9.17) is 0 Å². The van der Waals surface area contributed by atoms with Crippen LogP contribution in [0.4, 0.5) is 5.69 Å². The van der Waals surface area contributed by atoms with E-state index < -0.39 is 0 Å². The molecule has 1 N–H and O–H groups in total. The van der Waals surface area contributed by atoms with E-state index >= 15 is 0 Å². The summed E-state index contributed by atoms with van der Waals surface area (Å²) in [5.41, 5.74) is 2.10. The fourth-order valence-electron chi connectivity index (χ4n) is 2.70. The van der Waals surface area contributed by atoms with Crippen LogP contribution in [0.5, 0.6) is 0 Å². The Morgan fingerprint density at radius 3 is 2.78 bits per heavy atom.